The van der Waals surface area contributed by atoms with E-state index in [1.165, 1.54) is 0 Å². The van der Waals surface area contributed by atoms with E-state index in [4.69, 9.17) is 34.1 Å². The average molecular weight is 983 g/mol. The van der Waals surface area contributed by atoms with Crippen LogP contribution in [0.15, 0.2) is 42.9 Å². The van der Waals surface area contributed by atoms with Crippen molar-refractivity contribution in [3.05, 3.63) is 71.3 Å². The van der Waals surface area contributed by atoms with E-state index in [2.05, 4.69) is 41.5 Å². The van der Waals surface area contributed by atoms with E-state index >= 15 is 8.78 Å². The number of nitrogens with zero attached hydrogens (tertiary/aromatic N) is 9. The fourth-order valence-electron chi connectivity index (χ4n) is 9.91. The number of H-pyrrole nitrogens is 2. The molecule has 6 aliphatic rings. The Labute approximate surface area is 405 Å². The van der Waals surface area contributed by atoms with Crippen molar-refractivity contribution in [1.82, 2.24) is 60.0 Å². The Kier molecular flexibility index (Phi) is 11.6. The third kappa shape index (κ3) is 9.38. The second-order valence-electron chi connectivity index (χ2n) is 20.5. The Morgan fingerprint density at radius 1 is 0.944 bits per heavy atom. The van der Waals surface area contributed by atoms with Gasteiger partial charge in [0.25, 0.3) is 5.91 Å². The molecule has 6 aromatic heterocycles. The molecular weight excluding hydrogens is 925 g/mol. The van der Waals surface area contributed by atoms with Crippen LogP contribution in [0.25, 0.3) is 11.0 Å². The predicted octanol–water partition coefficient (Wildman–Crippen LogP) is 4.46. The van der Waals surface area contributed by atoms with Crippen LogP contribution in [0, 0.1) is 0 Å². The van der Waals surface area contributed by atoms with Gasteiger partial charge >= 0.3 is 11.9 Å². The van der Waals surface area contributed by atoms with Crippen LogP contribution in [0.4, 0.5) is 36.8 Å². The summed E-state index contributed by atoms with van der Waals surface area (Å²) in [6.07, 6.45) is 4.74. The number of halogens is 2. The van der Waals surface area contributed by atoms with Crippen molar-refractivity contribution in [3.63, 3.8) is 0 Å². The summed E-state index contributed by atoms with van der Waals surface area (Å²) in [5.74, 6) is 1.20. The zero-order valence-corrected chi connectivity index (χ0v) is 39.4. The largest absolute Gasteiger partial charge is 0.441 e. The predicted molar refractivity (Wildman–Crippen MR) is 248 cm³/mol. The molecule has 6 fully saturated rings. The van der Waals surface area contributed by atoms with E-state index < -0.39 is 49.1 Å². The molecule has 2 aliphatic heterocycles. The molecule has 0 radical (unpaired) electrons. The molecule has 4 aliphatic carbocycles. The number of morpholine rings is 1. The summed E-state index contributed by atoms with van der Waals surface area (Å²) < 4.78 is 60.1. The lowest BCUT2D eigenvalue weighted by molar-refractivity contribution is -0.730. The highest BCUT2D eigenvalue weighted by Gasteiger charge is 2.46. The van der Waals surface area contributed by atoms with Crippen LogP contribution >= 0.6 is 0 Å². The fraction of sp³-hybridized carbons (Fsp3) is 0.574. The van der Waals surface area contributed by atoms with Crippen LogP contribution in [-0.4, -0.2) is 141 Å². The van der Waals surface area contributed by atoms with Gasteiger partial charge in [-0.3, -0.25) is 15.2 Å². The molecule has 7 atom stereocenters. The fourth-order valence-corrected chi connectivity index (χ4v) is 9.91. The van der Waals surface area contributed by atoms with Gasteiger partial charge in [-0.15, -0.1) is 0 Å². The number of aliphatic hydroxyl groups is 1. The number of hydrogen-bond acceptors (Lipinski definition) is 15. The second-order valence-corrected chi connectivity index (χ2v) is 20.5. The number of aromatic nitrogens is 10. The molecule has 0 bridgehead atoms. The Morgan fingerprint density at radius 3 is 2.52 bits per heavy atom. The molecule has 24 heteroatoms. The topological polar surface area (TPSA) is 251 Å². The summed E-state index contributed by atoms with van der Waals surface area (Å²) in [5, 5.41) is 43.5. The van der Waals surface area contributed by atoms with Crippen LogP contribution in [0.2, 0.25) is 0 Å². The highest BCUT2D eigenvalue weighted by molar-refractivity contribution is 5.94. The van der Waals surface area contributed by atoms with Gasteiger partial charge in [0.2, 0.25) is 12.2 Å². The van der Waals surface area contributed by atoms with Gasteiger partial charge in [-0.25, -0.2) is 43.0 Å². The molecule has 22 nitrogen and oxygen atoms in total. The van der Waals surface area contributed by atoms with E-state index in [1.807, 2.05) is 19.9 Å². The van der Waals surface area contributed by atoms with Gasteiger partial charge in [-0.05, 0) is 71.3 Å². The van der Waals surface area contributed by atoms with E-state index in [0.717, 1.165) is 56.2 Å². The van der Waals surface area contributed by atoms with Gasteiger partial charge in [-0.2, -0.15) is 20.0 Å². The quantitative estimate of drug-likeness (QED) is 0.0523. The Hall–Kier alpha value is -6.34. The normalized spacial score (nSPS) is 26.1. The first-order chi connectivity index (χ1) is 34.3. The molecule has 0 aromatic carbocycles. The van der Waals surface area contributed by atoms with Gasteiger partial charge < -0.3 is 39.6 Å². The van der Waals surface area contributed by atoms with E-state index in [-0.39, 0.29) is 35.8 Å². The maximum absolute atomic E-state index is 16.3. The molecular formula is C47H58F2N15O7+. The maximum Gasteiger partial charge on any atom is 0.408 e. The molecule has 0 spiro atoms. The van der Waals surface area contributed by atoms with Gasteiger partial charge in [0, 0.05) is 66.2 Å². The van der Waals surface area contributed by atoms with Crippen LogP contribution in [0.3, 0.4) is 0 Å². The molecule has 2 saturated heterocycles. The van der Waals surface area contributed by atoms with Crippen molar-refractivity contribution in [3.8, 4) is 0 Å². The minimum atomic E-state index is -1.69. The molecule has 4 saturated carbocycles. The molecule has 12 rings (SSSR count). The Bertz CT molecular complexity index is 2960. The lowest BCUT2D eigenvalue weighted by Gasteiger charge is -2.25. The van der Waals surface area contributed by atoms with Crippen molar-refractivity contribution in [2.24, 2.45) is 0 Å². The number of nitrogens with one attached hydrogen (secondary N) is 6. The number of aromatic amines is 2. The highest BCUT2D eigenvalue weighted by Crippen LogP contribution is 2.41. The summed E-state index contributed by atoms with van der Waals surface area (Å²) in [5.41, 5.74) is 3.25. The molecule has 2 amide bonds. The first kappa shape index (κ1) is 45.8. The van der Waals surface area contributed by atoms with E-state index in [1.54, 1.807) is 55.4 Å². The van der Waals surface area contributed by atoms with Crippen LogP contribution in [0.1, 0.15) is 123 Å². The number of ether oxygens (including phenoxy) is 4. The summed E-state index contributed by atoms with van der Waals surface area (Å²) >= 11 is 0. The van der Waals surface area contributed by atoms with Crippen LogP contribution in [-0.2, 0) is 25.5 Å². The number of alkyl carbamates (subject to hydrolysis) is 1. The third-order valence-electron chi connectivity index (χ3n) is 14.9. The van der Waals surface area contributed by atoms with Crippen LogP contribution < -0.4 is 25.9 Å². The molecule has 8 heterocycles. The van der Waals surface area contributed by atoms with Gasteiger partial charge in [-0.1, -0.05) is 6.42 Å². The van der Waals surface area contributed by atoms with Crippen molar-refractivity contribution in [2.45, 2.75) is 138 Å². The average Bonchev–Trinajstić information content (AvgIpc) is 3.74. The van der Waals surface area contributed by atoms with Gasteiger partial charge in [0.15, 0.2) is 36.2 Å². The van der Waals surface area contributed by atoms with E-state index in [9.17, 15) is 14.7 Å². The molecule has 376 valence electrons. The Balaban J connectivity index is 0.853. The number of fused-ring (bicyclic) bond motifs is 2. The first-order valence-electron chi connectivity index (χ1n) is 24.7. The first-order valence-corrected chi connectivity index (χ1v) is 24.7. The van der Waals surface area contributed by atoms with Crippen molar-refractivity contribution >= 4 is 46.3 Å². The SMILES string of the molecule is CC1(NC(=O)O[C@H]2CO[C@@H](c3cc(Nc4nccn5nc(C6CCC6)cc45)[n+](Cc4cn5nc(C(=O)N6CCOCC6)cc5c(Nc5cc([C@H]6CC[C@@H](OC(O)NC7(C)CC7)[C@@H]6F)[nH]n5)n4)[nH]3)[C@H]2F)CC1. The molecule has 6 aromatic rings. The third-order valence-corrected chi connectivity index (χ3v) is 14.9. The minimum Gasteiger partial charge on any atom is -0.441 e. The van der Waals surface area contributed by atoms with Crippen molar-refractivity contribution in [2.75, 3.05) is 43.5 Å². The number of aliphatic hydroxyl groups excluding tert-OH is 1. The number of alkyl halides is 2. The second kappa shape index (κ2) is 18.1. The highest BCUT2D eigenvalue weighted by atomic mass is 19.1. The Morgan fingerprint density at radius 2 is 1.75 bits per heavy atom. The number of carbonyl (C=O) groups excluding carboxylic acids is 2. The summed E-state index contributed by atoms with van der Waals surface area (Å²) in [4.78, 5) is 37.9. The number of carbonyl (C=O) groups is 2. The summed E-state index contributed by atoms with van der Waals surface area (Å²) in [6.45, 7) is 5.49. The smallest absolute Gasteiger partial charge is 0.408 e. The number of rotatable bonds is 16. The van der Waals surface area contributed by atoms with Gasteiger partial charge in [0.1, 0.15) is 29.0 Å². The summed E-state index contributed by atoms with van der Waals surface area (Å²) in [6, 6.07) is 7.15. The summed E-state index contributed by atoms with van der Waals surface area (Å²) in [7, 11) is 0. The standard InChI is InChI=1S/C47H57F2N15O7/c1-46(8-9-46)54-44(66)70-34-7-6-27(38(34)48)29-20-36(57-56-29)52-42-33-19-31(43(65)61-14-16-68-17-15-61)60-63(33)22-26(51-42)23-64-37(53-41-32-18-28(25-4-3-5-25)58-62(32)13-12-50-41)21-30(59-64)40-39(49)35(24-69-40)71-45(67)55-47(2)10-11-47/h12-13,18-22,25,27,34-35,38-40,44,54,66H,3-11,14-17,23-24H2,1-2H3,(H4,50,51,52,53,55,56,57,58,59,60,65,67)/p+1/t27-,34-,35+,38-,39+,40+,44?/m1/s1. The lowest BCUT2D eigenvalue weighted by atomic mass is 9.83. The lowest BCUT2D eigenvalue weighted by Crippen LogP contribution is -2.43. The molecule has 7 N–H and O–H groups in total. The maximum atomic E-state index is 16.3. The van der Waals surface area contributed by atoms with Crippen molar-refractivity contribution in [1.29, 1.82) is 0 Å². The van der Waals surface area contributed by atoms with Crippen molar-refractivity contribution < 1.29 is 47.1 Å². The van der Waals surface area contributed by atoms with E-state index in [0.29, 0.717) is 90.9 Å². The molecule has 71 heavy (non-hydrogen) atoms. The number of amides is 2. The number of hydrogen-bond donors (Lipinski definition) is 7. The van der Waals surface area contributed by atoms with Gasteiger partial charge in [0.05, 0.1) is 49.6 Å². The monoisotopic (exact) mass is 982 g/mol. The zero-order valence-electron chi connectivity index (χ0n) is 39.4. The molecule has 1 unspecified atom stereocenters. The van der Waals surface area contributed by atoms with Crippen LogP contribution in [0.5, 0.6) is 0 Å². The zero-order chi connectivity index (χ0) is 48.6. The number of anilines is 4. The minimum absolute atomic E-state index is 0.0541.